The summed E-state index contributed by atoms with van der Waals surface area (Å²) in [5.41, 5.74) is 2.76. The molecule has 0 bridgehead atoms. The third-order valence-corrected chi connectivity index (χ3v) is 6.93. The SMILES string of the molecule is CC(CNS(=O)(=O)c1cccs1)N1CCc2ccccc2C1. The van der Waals surface area contributed by atoms with Gasteiger partial charge in [0, 0.05) is 25.7 Å². The number of nitrogens with one attached hydrogen (secondary N) is 1. The van der Waals surface area contributed by atoms with Crippen molar-refractivity contribution in [2.45, 2.75) is 30.1 Å². The first kappa shape index (κ1) is 15.7. The molecule has 3 rings (SSSR count). The number of benzene rings is 1. The van der Waals surface area contributed by atoms with Gasteiger partial charge < -0.3 is 0 Å². The van der Waals surface area contributed by atoms with E-state index in [0.29, 0.717) is 10.8 Å². The smallest absolute Gasteiger partial charge is 0.250 e. The lowest BCUT2D eigenvalue weighted by Crippen LogP contribution is -2.44. The number of hydrogen-bond donors (Lipinski definition) is 1. The molecule has 0 aliphatic carbocycles. The molecule has 1 aromatic carbocycles. The van der Waals surface area contributed by atoms with Gasteiger partial charge in [-0.25, -0.2) is 13.1 Å². The van der Waals surface area contributed by atoms with E-state index in [0.717, 1.165) is 19.5 Å². The zero-order valence-electron chi connectivity index (χ0n) is 12.5. The Balaban J connectivity index is 1.61. The number of hydrogen-bond acceptors (Lipinski definition) is 4. The molecule has 1 N–H and O–H groups in total. The Bertz CT molecular complexity index is 726. The standard InChI is InChI=1S/C16H20N2O2S2/c1-13(11-17-22(19,20)16-7-4-10-21-16)18-9-8-14-5-2-3-6-15(14)12-18/h2-7,10,13,17H,8-9,11-12H2,1H3. The Morgan fingerprint density at radius 1 is 1.23 bits per heavy atom. The summed E-state index contributed by atoms with van der Waals surface area (Å²) in [4.78, 5) is 2.33. The first-order valence-corrected chi connectivity index (χ1v) is 9.76. The molecule has 0 saturated heterocycles. The molecule has 1 aliphatic rings. The van der Waals surface area contributed by atoms with Gasteiger partial charge in [0.2, 0.25) is 10.0 Å². The van der Waals surface area contributed by atoms with Crippen LogP contribution in [0.4, 0.5) is 0 Å². The summed E-state index contributed by atoms with van der Waals surface area (Å²) in [7, 11) is -3.37. The highest BCUT2D eigenvalue weighted by Crippen LogP contribution is 2.20. The lowest BCUT2D eigenvalue weighted by atomic mass is 9.99. The van der Waals surface area contributed by atoms with Gasteiger partial charge in [0.25, 0.3) is 0 Å². The Labute approximate surface area is 135 Å². The predicted molar refractivity (Wildman–Crippen MR) is 89.5 cm³/mol. The van der Waals surface area contributed by atoms with Crippen LogP contribution < -0.4 is 4.72 Å². The first-order chi connectivity index (χ1) is 10.6. The van der Waals surface area contributed by atoms with Crippen LogP contribution in [-0.4, -0.2) is 32.4 Å². The molecule has 2 heterocycles. The van der Waals surface area contributed by atoms with Crippen LogP contribution in [0, 0.1) is 0 Å². The van der Waals surface area contributed by atoms with Gasteiger partial charge in [-0.3, -0.25) is 4.90 Å². The van der Waals surface area contributed by atoms with E-state index in [2.05, 4.69) is 40.8 Å². The van der Waals surface area contributed by atoms with Crippen molar-refractivity contribution in [3.05, 3.63) is 52.9 Å². The Morgan fingerprint density at radius 2 is 2.00 bits per heavy atom. The third-order valence-electron chi connectivity index (χ3n) is 4.11. The Morgan fingerprint density at radius 3 is 2.73 bits per heavy atom. The van der Waals surface area contributed by atoms with Crippen LogP contribution in [0.3, 0.4) is 0 Å². The fraction of sp³-hybridized carbons (Fsp3) is 0.375. The Hall–Kier alpha value is -1.21. The number of nitrogens with zero attached hydrogens (tertiary/aromatic N) is 1. The Kier molecular flexibility index (Phi) is 4.63. The van der Waals surface area contributed by atoms with Crippen LogP contribution in [0.25, 0.3) is 0 Å². The molecular weight excluding hydrogens is 316 g/mol. The molecular formula is C16H20N2O2S2. The molecule has 118 valence electrons. The summed E-state index contributed by atoms with van der Waals surface area (Å²) in [5, 5.41) is 1.78. The highest BCUT2D eigenvalue weighted by atomic mass is 32.2. The van der Waals surface area contributed by atoms with Crippen LogP contribution in [0.2, 0.25) is 0 Å². The van der Waals surface area contributed by atoms with Crippen molar-refractivity contribution >= 4 is 21.4 Å². The van der Waals surface area contributed by atoms with E-state index in [1.54, 1.807) is 17.5 Å². The summed E-state index contributed by atoms with van der Waals surface area (Å²) in [6.45, 7) is 4.37. The van der Waals surface area contributed by atoms with E-state index in [1.165, 1.54) is 22.5 Å². The fourth-order valence-corrected chi connectivity index (χ4v) is 4.90. The largest absolute Gasteiger partial charge is 0.295 e. The third kappa shape index (κ3) is 3.41. The second kappa shape index (κ2) is 6.50. The predicted octanol–water partition coefficient (Wildman–Crippen LogP) is 2.47. The second-order valence-corrected chi connectivity index (χ2v) is 8.56. The zero-order valence-corrected chi connectivity index (χ0v) is 14.2. The topological polar surface area (TPSA) is 49.4 Å². The van der Waals surface area contributed by atoms with Gasteiger partial charge in [0.15, 0.2) is 0 Å². The lowest BCUT2D eigenvalue weighted by Gasteiger charge is -2.33. The molecule has 1 aromatic heterocycles. The molecule has 2 aromatic rings. The average molecular weight is 336 g/mol. The van der Waals surface area contributed by atoms with Crippen LogP contribution in [-0.2, 0) is 23.0 Å². The van der Waals surface area contributed by atoms with Gasteiger partial charge >= 0.3 is 0 Å². The lowest BCUT2D eigenvalue weighted by molar-refractivity contribution is 0.192. The van der Waals surface area contributed by atoms with Crippen LogP contribution in [0.5, 0.6) is 0 Å². The number of thiophene rings is 1. The number of fused-ring (bicyclic) bond motifs is 1. The summed E-state index contributed by atoms with van der Waals surface area (Å²) < 4.78 is 27.4. The molecule has 1 atom stereocenters. The van der Waals surface area contributed by atoms with E-state index < -0.39 is 10.0 Å². The maximum absolute atomic E-state index is 12.2. The van der Waals surface area contributed by atoms with Crippen molar-refractivity contribution in [3.63, 3.8) is 0 Å². The molecule has 0 radical (unpaired) electrons. The highest BCUT2D eigenvalue weighted by molar-refractivity contribution is 7.91. The van der Waals surface area contributed by atoms with Gasteiger partial charge in [-0.1, -0.05) is 30.3 Å². The monoisotopic (exact) mass is 336 g/mol. The molecule has 0 spiro atoms. The average Bonchev–Trinajstić information content (AvgIpc) is 3.07. The van der Waals surface area contributed by atoms with Crippen LogP contribution >= 0.6 is 11.3 Å². The van der Waals surface area contributed by atoms with Gasteiger partial charge in [-0.05, 0) is 35.9 Å². The quantitative estimate of drug-likeness (QED) is 0.912. The van der Waals surface area contributed by atoms with Gasteiger partial charge in [-0.15, -0.1) is 11.3 Å². The van der Waals surface area contributed by atoms with Crippen molar-refractivity contribution in [3.8, 4) is 0 Å². The van der Waals surface area contributed by atoms with Crippen molar-refractivity contribution < 1.29 is 8.42 Å². The molecule has 4 nitrogen and oxygen atoms in total. The molecule has 1 unspecified atom stereocenters. The van der Waals surface area contributed by atoms with Crippen molar-refractivity contribution in [1.82, 2.24) is 9.62 Å². The fourth-order valence-electron chi connectivity index (χ4n) is 2.74. The number of rotatable bonds is 5. The van der Waals surface area contributed by atoms with Crippen molar-refractivity contribution in [2.24, 2.45) is 0 Å². The van der Waals surface area contributed by atoms with Gasteiger partial charge in [0.05, 0.1) is 0 Å². The molecule has 0 amide bonds. The molecule has 22 heavy (non-hydrogen) atoms. The normalized spacial score (nSPS) is 17.1. The van der Waals surface area contributed by atoms with E-state index >= 15 is 0 Å². The minimum Gasteiger partial charge on any atom is -0.295 e. The zero-order chi connectivity index (χ0) is 15.6. The second-order valence-electron chi connectivity index (χ2n) is 5.62. The maximum Gasteiger partial charge on any atom is 0.250 e. The highest BCUT2D eigenvalue weighted by Gasteiger charge is 2.22. The molecule has 6 heteroatoms. The minimum atomic E-state index is -3.37. The summed E-state index contributed by atoms with van der Waals surface area (Å²) in [6, 6.07) is 12.0. The summed E-state index contributed by atoms with van der Waals surface area (Å²) >= 11 is 1.24. The number of sulfonamides is 1. The molecule has 1 aliphatic heterocycles. The van der Waals surface area contributed by atoms with Gasteiger partial charge in [-0.2, -0.15) is 0 Å². The molecule has 0 fully saturated rings. The van der Waals surface area contributed by atoms with Crippen LogP contribution in [0.1, 0.15) is 18.1 Å². The van der Waals surface area contributed by atoms with E-state index in [-0.39, 0.29) is 6.04 Å². The maximum atomic E-state index is 12.2. The van der Waals surface area contributed by atoms with E-state index in [4.69, 9.17) is 0 Å². The van der Waals surface area contributed by atoms with E-state index in [1.807, 2.05) is 0 Å². The first-order valence-electron chi connectivity index (χ1n) is 7.40. The van der Waals surface area contributed by atoms with Gasteiger partial charge in [0.1, 0.15) is 4.21 Å². The minimum absolute atomic E-state index is 0.170. The van der Waals surface area contributed by atoms with E-state index in [9.17, 15) is 8.42 Å². The van der Waals surface area contributed by atoms with Crippen LogP contribution in [0.15, 0.2) is 46.0 Å². The van der Waals surface area contributed by atoms with Crippen molar-refractivity contribution in [1.29, 1.82) is 0 Å². The van der Waals surface area contributed by atoms with Crippen molar-refractivity contribution in [2.75, 3.05) is 13.1 Å². The summed E-state index contributed by atoms with van der Waals surface area (Å²) in [5.74, 6) is 0. The molecule has 0 saturated carbocycles. The summed E-state index contributed by atoms with van der Waals surface area (Å²) in [6.07, 6.45) is 1.03.